The Morgan fingerprint density at radius 2 is 2.11 bits per heavy atom. The van der Waals surface area contributed by atoms with Crippen molar-refractivity contribution in [3.05, 3.63) is 17.0 Å². The van der Waals surface area contributed by atoms with Gasteiger partial charge in [-0.2, -0.15) is 0 Å². The molecule has 0 aromatic carbocycles. The molecule has 1 amide bonds. The first kappa shape index (κ1) is 13.1. The number of aryl methyl sites for hydroxylation is 1. The summed E-state index contributed by atoms with van der Waals surface area (Å²) in [6.07, 6.45) is 5.17. The lowest BCUT2D eigenvalue weighted by Gasteiger charge is -2.09. The molecule has 1 aliphatic carbocycles. The summed E-state index contributed by atoms with van der Waals surface area (Å²) in [7, 11) is 0. The number of carbonyl (C=O) groups is 1. The molecule has 1 heterocycles. The Morgan fingerprint density at radius 1 is 1.28 bits per heavy atom. The van der Waals surface area contributed by atoms with Crippen LogP contribution in [-0.2, 0) is 12.8 Å². The first-order valence-corrected chi connectivity index (χ1v) is 6.79. The van der Waals surface area contributed by atoms with Gasteiger partial charge in [0.05, 0.1) is 0 Å². The van der Waals surface area contributed by atoms with Gasteiger partial charge in [0, 0.05) is 25.1 Å². The van der Waals surface area contributed by atoms with E-state index in [9.17, 15) is 4.79 Å². The Labute approximate surface area is 107 Å². The summed E-state index contributed by atoms with van der Waals surface area (Å²) in [5, 5.41) is 10.0. The Hall–Kier alpha value is -1.36. The molecule has 2 rings (SSSR count). The molecule has 18 heavy (non-hydrogen) atoms. The van der Waals surface area contributed by atoms with Gasteiger partial charge in [0.2, 0.25) is 0 Å². The summed E-state index contributed by atoms with van der Waals surface area (Å²) < 4.78 is 5.23. The van der Waals surface area contributed by atoms with Crippen molar-refractivity contribution in [3.8, 4) is 0 Å². The van der Waals surface area contributed by atoms with E-state index in [1.165, 1.54) is 0 Å². The summed E-state index contributed by atoms with van der Waals surface area (Å²) in [4.78, 5) is 11.9. The molecule has 0 atom stereocenters. The van der Waals surface area contributed by atoms with E-state index >= 15 is 0 Å². The molecule has 0 bridgehead atoms. The van der Waals surface area contributed by atoms with E-state index in [1.807, 2.05) is 0 Å². The van der Waals surface area contributed by atoms with Gasteiger partial charge in [-0.1, -0.05) is 12.1 Å². The van der Waals surface area contributed by atoms with Crippen LogP contribution < -0.4 is 10.6 Å². The van der Waals surface area contributed by atoms with Gasteiger partial charge in [0.25, 0.3) is 5.91 Å². The van der Waals surface area contributed by atoms with Crippen LogP contribution in [0.15, 0.2) is 4.52 Å². The molecule has 0 unspecified atom stereocenters. The third-order valence-electron chi connectivity index (χ3n) is 3.18. The number of nitrogens with zero attached hydrogens (tertiary/aromatic N) is 1. The lowest BCUT2D eigenvalue weighted by molar-refractivity contribution is 0.0944. The topological polar surface area (TPSA) is 67.2 Å². The molecule has 100 valence electrons. The highest BCUT2D eigenvalue weighted by atomic mass is 16.5. The quantitative estimate of drug-likeness (QED) is 0.747. The van der Waals surface area contributed by atoms with Crippen molar-refractivity contribution in [2.24, 2.45) is 0 Å². The molecule has 1 aliphatic rings. The summed E-state index contributed by atoms with van der Waals surface area (Å²) in [6.45, 7) is 4.52. The first-order valence-electron chi connectivity index (χ1n) is 6.79. The number of nitrogens with one attached hydrogen (secondary N) is 2. The van der Waals surface area contributed by atoms with Crippen molar-refractivity contribution in [1.82, 2.24) is 15.8 Å². The number of aromatic nitrogens is 1. The van der Waals surface area contributed by atoms with Gasteiger partial charge in [-0.25, -0.2) is 0 Å². The molecule has 0 saturated carbocycles. The van der Waals surface area contributed by atoms with Crippen molar-refractivity contribution in [2.45, 2.75) is 39.0 Å². The minimum absolute atomic E-state index is 0.111. The maximum Gasteiger partial charge on any atom is 0.273 e. The molecule has 0 fully saturated rings. The van der Waals surface area contributed by atoms with Crippen LogP contribution >= 0.6 is 0 Å². The number of fused-ring (bicyclic) bond motifs is 1. The van der Waals surface area contributed by atoms with E-state index in [0.717, 1.165) is 56.5 Å². The Morgan fingerprint density at radius 3 is 2.94 bits per heavy atom. The van der Waals surface area contributed by atoms with Gasteiger partial charge in [-0.3, -0.25) is 4.79 Å². The molecular weight excluding hydrogens is 230 g/mol. The average Bonchev–Trinajstić information content (AvgIpc) is 2.82. The number of hydrogen-bond donors (Lipinski definition) is 2. The second-order valence-corrected chi connectivity index (χ2v) is 4.65. The van der Waals surface area contributed by atoms with Gasteiger partial charge < -0.3 is 15.2 Å². The first-order chi connectivity index (χ1) is 8.83. The maximum atomic E-state index is 11.9. The van der Waals surface area contributed by atoms with Gasteiger partial charge in [0.15, 0.2) is 5.69 Å². The van der Waals surface area contributed by atoms with Crippen LogP contribution in [0.1, 0.15) is 48.0 Å². The normalized spacial score (nSPS) is 14.3. The summed E-state index contributed by atoms with van der Waals surface area (Å²) >= 11 is 0. The van der Waals surface area contributed by atoms with Gasteiger partial charge in [-0.05, 0) is 32.2 Å². The van der Waals surface area contributed by atoms with Crippen LogP contribution in [0.5, 0.6) is 0 Å². The second kappa shape index (κ2) is 6.54. The zero-order chi connectivity index (χ0) is 12.8. The van der Waals surface area contributed by atoms with Crippen LogP contribution in [0.4, 0.5) is 0 Å². The fourth-order valence-corrected chi connectivity index (χ4v) is 2.21. The molecule has 1 aromatic rings. The van der Waals surface area contributed by atoms with E-state index in [1.54, 1.807) is 0 Å². The van der Waals surface area contributed by atoms with Crippen molar-refractivity contribution in [1.29, 1.82) is 0 Å². The minimum atomic E-state index is -0.111. The third-order valence-corrected chi connectivity index (χ3v) is 3.18. The van der Waals surface area contributed by atoms with Crippen molar-refractivity contribution in [2.75, 3.05) is 19.6 Å². The molecule has 2 N–H and O–H groups in total. The van der Waals surface area contributed by atoms with Crippen molar-refractivity contribution in [3.63, 3.8) is 0 Å². The largest absolute Gasteiger partial charge is 0.360 e. The van der Waals surface area contributed by atoms with Gasteiger partial charge in [0.1, 0.15) is 5.76 Å². The SMILES string of the molecule is CCCNCCNC(=O)c1noc2c1CCCC2. The lowest BCUT2D eigenvalue weighted by atomic mass is 9.96. The summed E-state index contributed by atoms with van der Waals surface area (Å²) in [5.74, 6) is 0.788. The number of carbonyl (C=O) groups excluding carboxylic acids is 1. The highest BCUT2D eigenvalue weighted by molar-refractivity contribution is 5.93. The fourth-order valence-electron chi connectivity index (χ4n) is 2.21. The highest BCUT2D eigenvalue weighted by Gasteiger charge is 2.23. The van der Waals surface area contributed by atoms with Gasteiger partial charge >= 0.3 is 0 Å². The maximum absolute atomic E-state index is 11.9. The lowest BCUT2D eigenvalue weighted by Crippen LogP contribution is -2.32. The predicted molar refractivity (Wildman–Crippen MR) is 68.6 cm³/mol. The van der Waals surface area contributed by atoms with Gasteiger partial charge in [-0.15, -0.1) is 0 Å². The summed E-state index contributed by atoms with van der Waals surface area (Å²) in [6, 6.07) is 0. The molecule has 0 saturated heterocycles. The van der Waals surface area contributed by atoms with Crippen molar-refractivity contribution < 1.29 is 9.32 Å². The van der Waals surface area contributed by atoms with E-state index in [2.05, 4.69) is 22.7 Å². The molecule has 0 radical (unpaired) electrons. The standard InChI is InChI=1S/C13H21N3O2/c1-2-7-14-8-9-15-13(17)12-10-5-3-4-6-11(10)18-16-12/h14H,2-9H2,1H3,(H,15,17). The smallest absolute Gasteiger partial charge is 0.273 e. The average molecular weight is 251 g/mol. The number of amides is 1. The van der Waals surface area contributed by atoms with E-state index in [4.69, 9.17) is 4.52 Å². The van der Waals surface area contributed by atoms with Crippen LogP contribution in [0.2, 0.25) is 0 Å². The van der Waals surface area contributed by atoms with E-state index in [0.29, 0.717) is 12.2 Å². The van der Waals surface area contributed by atoms with E-state index < -0.39 is 0 Å². The molecule has 5 nitrogen and oxygen atoms in total. The number of hydrogen-bond acceptors (Lipinski definition) is 4. The molecule has 1 aromatic heterocycles. The van der Waals surface area contributed by atoms with Crippen LogP contribution in [-0.4, -0.2) is 30.7 Å². The van der Waals surface area contributed by atoms with Crippen molar-refractivity contribution >= 4 is 5.91 Å². The fraction of sp³-hybridized carbons (Fsp3) is 0.692. The van der Waals surface area contributed by atoms with E-state index in [-0.39, 0.29) is 5.91 Å². The minimum Gasteiger partial charge on any atom is -0.360 e. The Kier molecular flexibility index (Phi) is 4.75. The Bertz CT molecular complexity index is 401. The molecular formula is C13H21N3O2. The third kappa shape index (κ3) is 3.10. The molecule has 0 spiro atoms. The monoisotopic (exact) mass is 251 g/mol. The predicted octanol–water partition coefficient (Wildman–Crippen LogP) is 1.28. The number of rotatable bonds is 6. The highest BCUT2D eigenvalue weighted by Crippen LogP contribution is 2.23. The molecule has 5 heteroatoms. The van der Waals surface area contributed by atoms with Crippen LogP contribution in [0.3, 0.4) is 0 Å². The second-order valence-electron chi connectivity index (χ2n) is 4.65. The van der Waals surface area contributed by atoms with Crippen LogP contribution in [0.25, 0.3) is 0 Å². The summed E-state index contributed by atoms with van der Waals surface area (Å²) in [5.41, 5.74) is 1.50. The van der Waals surface area contributed by atoms with Crippen LogP contribution in [0, 0.1) is 0 Å². The zero-order valence-electron chi connectivity index (χ0n) is 10.9. The zero-order valence-corrected chi connectivity index (χ0v) is 10.9. The molecule has 0 aliphatic heterocycles. The Balaban J connectivity index is 1.83.